The average molecular weight is 251 g/mol. The van der Waals surface area contributed by atoms with Crippen LogP contribution >= 0.6 is 0 Å². The van der Waals surface area contributed by atoms with Crippen LogP contribution in [0.25, 0.3) is 0 Å². The number of nitrogens with one attached hydrogen (secondary N) is 1. The summed E-state index contributed by atoms with van der Waals surface area (Å²) >= 11 is 0. The molecule has 3 N–H and O–H groups in total. The molecule has 2 unspecified atom stereocenters. The lowest BCUT2D eigenvalue weighted by Crippen LogP contribution is -2.33. The molecule has 0 fully saturated rings. The van der Waals surface area contributed by atoms with Crippen LogP contribution in [0.3, 0.4) is 0 Å². The van der Waals surface area contributed by atoms with Gasteiger partial charge in [0.25, 0.3) is 0 Å². The fourth-order valence-corrected chi connectivity index (χ4v) is 2.76. The first-order valence-electron chi connectivity index (χ1n) is 6.35. The van der Waals surface area contributed by atoms with E-state index in [1.54, 1.807) is 0 Å². The monoisotopic (exact) mass is 251 g/mol. The Morgan fingerprint density at radius 3 is 2.79 bits per heavy atom. The predicted molar refractivity (Wildman–Crippen MR) is 74.8 cm³/mol. The first-order valence-corrected chi connectivity index (χ1v) is 6.35. The van der Waals surface area contributed by atoms with Gasteiger partial charge in [0.15, 0.2) is 0 Å². The molecule has 95 valence electrons. The molecule has 2 atom stereocenters. The molecule has 3 heteroatoms. The molecular formula is C16H15N2O. The molecule has 19 heavy (non-hydrogen) atoms. The minimum absolute atomic E-state index is 0.0192. The number of amides is 1. The highest BCUT2D eigenvalue weighted by atomic mass is 16.1. The number of fused-ring (bicyclic) bond motifs is 1. The van der Waals surface area contributed by atoms with Gasteiger partial charge in [-0.1, -0.05) is 36.4 Å². The zero-order valence-corrected chi connectivity index (χ0v) is 10.5. The Morgan fingerprint density at radius 2 is 2.05 bits per heavy atom. The third-order valence-corrected chi connectivity index (χ3v) is 3.60. The molecule has 3 rings (SSSR count). The van der Waals surface area contributed by atoms with Crippen molar-refractivity contribution >= 4 is 11.6 Å². The Kier molecular flexibility index (Phi) is 2.95. The van der Waals surface area contributed by atoms with Crippen LogP contribution in [0, 0.1) is 6.07 Å². The van der Waals surface area contributed by atoms with Gasteiger partial charge in [0.2, 0.25) is 5.91 Å². The zero-order valence-electron chi connectivity index (χ0n) is 10.5. The van der Waals surface area contributed by atoms with Crippen molar-refractivity contribution in [1.82, 2.24) is 0 Å². The molecule has 0 bridgehead atoms. The first kappa shape index (κ1) is 11.8. The molecule has 0 saturated heterocycles. The summed E-state index contributed by atoms with van der Waals surface area (Å²) in [5.41, 5.74) is 8.76. The molecule has 0 aliphatic heterocycles. The van der Waals surface area contributed by atoms with Crippen molar-refractivity contribution < 1.29 is 4.79 Å². The van der Waals surface area contributed by atoms with Crippen LogP contribution in [0.2, 0.25) is 0 Å². The summed E-state index contributed by atoms with van der Waals surface area (Å²) in [6, 6.07) is 18.7. The number of carbonyl (C=O) groups is 1. The summed E-state index contributed by atoms with van der Waals surface area (Å²) < 4.78 is 0. The quantitative estimate of drug-likeness (QED) is 0.877. The Balaban J connectivity index is 1.89. The molecule has 1 aliphatic rings. The Morgan fingerprint density at radius 1 is 1.26 bits per heavy atom. The molecule has 0 heterocycles. The van der Waals surface area contributed by atoms with Gasteiger partial charge in [-0.05, 0) is 35.7 Å². The maximum absolute atomic E-state index is 11.7. The van der Waals surface area contributed by atoms with Gasteiger partial charge < -0.3 is 11.1 Å². The maximum atomic E-state index is 11.7. The predicted octanol–water partition coefficient (Wildman–Crippen LogP) is 2.09. The third-order valence-electron chi connectivity index (χ3n) is 3.60. The lowest BCUT2D eigenvalue weighted by Gasteiger charge is -2.20. The second-order valence-electron chi connectivity index (χ2n) is 4.83. The van der Waals surface area contributed by atoms with E-state index in [1.165, 1.54) is 0 Å². The highest BCUT2D eigenvalue weighted by Gasteiger charge is 2.35. The largest absolute Gasteiger partial charge is 0.381 e. The van der Waals surface area contributed by atoms with Crippen LogP contribution in [-0.4, -0.2) is 11.9 Å². The van der Waals surface area contributed by atoms with Crippen molar-refractivity contribution in [2.24, 2.45) is 5.73 Å². The topological polar surface area (TPSA) is 55.1 Å². The van der Waals surface area contributed by atoms with Gasteiger partial charge in [-0.15, -0.1) is 0 Å². The van der Waals surface area contributed by atoms with Crippen LogP contribution in [0.4, 0.5) is 5.69 Å². The first-order chi connectivity index (χ1) is 9.25. The van der Waals surface area contributed by atoms with Crippen LogP contribution in [-0.2, 0) is 11.2 Å². The van der Waals surface area contributed by atoms with E-state index in [9.17, 15) is 4.79 Å². The van der Waals surface area contributed by atoms with Gasteiger partial charge in [-0.2, -0.15) is 0 Å². The Bertz CT molecular complexity index is 595. The van der Waals surface area contributed by atoms with Crippen molar-refractivity contribution in [3.8, 4) is 0 Å². The number of hydrogen-bond acceptors (Lipinski definition) is 2. The molecule has 1 amide bonds. The number of hydrogen-bond donors (Lipinski definition) is 2. The van der Waals surface area contributed by atoms with Gasteiger partial charge in [0, 0.05) is 11.7 Å². The van der Waals surface area contributed by atoms with E-state index < -0.39 is 0 Å². The molecular weight excluding hydrogens is 236 g/mol. The van der Waals surface area contributed by atoms with Crippen molar-refractivity contribution in [1.29, 1.82) is 0 Å². The van der Waals surface area contributed by atoms with Crippen molar-refractivity contribution in [3.05, 3.63) is 65.7 Å². The van der Waals surface area contributed by atoms with Crippen LogP contribution in [0.5, 0.6) is 0 Å². The molecule has 0 spiro atoms. The maximum Gasteiger partial charge on any atom is 0.227 e. The highest BCUT2D eigenvalue weighted by molar-refractivity contribution is 5.85. The van der Waals surface area contributed by atoms with Gasteiger partial charge in [0.05, 0.1) is 5.92 Å². The van der Waals surface area contributed by atoms with E-state index in [-0.39, 0.29) is 17.9 Å². The van der Waals surface area contributed by atoms with Crippen molar-refractivity contribution in [2.75, 3.05) is 5.32 Å². The smallest absolute Gasteiger partial charge is 0.227 e. The Hall–Kier alpha value is -2.29. The zero-order chi connectivity index (χ0) is 13.2. The Labute approximate surface area is 112 Å². The van der Waals surface area contributed by atoms with Gasteiger partial charge in [-0.3, -0.25) is 4.79 Å². The summed E-state index contributed by atoms with van der Waals surface area (Å²) in [6.45, 7) is 0. The van der Waals surface area contributed by atoms with E-state index in [1.807, 2.05) is 48.5 Å². The van der Waals surface area contributed by atoms with E-state index in [0.29, 0.717) is 0 Å². The van der Waals surface area contributed by atoms with Gasteiger partial charge in [-0.25, -0.2) is 0 Å². The fourth-order valence-electron chi connectivity index (χ4n) is 2.76. The summed E-state index contributed by atoms with van der Waals surface area (Å²) in [7, 11) is 0. The van der Waals surface area contributed by atoms with E-state index in [0.717, 1.165) is 23.2 Å². The van der Waals surface area contributed by atoms with Crippen LogP contribution < -0.4 is 11.1 Å². The molecule has 1 radical (unpaired) electrons. The number of rotatable bonds is 3. The summed E-state index contributed by atoms with van der Waals surface area (Å²) in [5.74, 6) is -0.553. The van der Waals surface area contributed by atoms with Crippen LogP contribution in [0.1, 0.15) is 17.0 Å². The number of benzene rings is 2. The van der Waals surface area contributed by atoms with Crippen molar-refractivity contribution in [3.63, 3.8) is 0 Å². The number of primary amides is 1. The number of carbonyl (C=O) groups excluding carboxylic acids is 1. The number of anilines is 1. The lowest BCUT2D eigenvalue weighted by atomic mass is 9.97. The summed E-state index contributed by atoms with van der Waals surface area (Å²) in [6.07, 6.45) is 0.801. The number of nitrogens with two attached hydrogens (primary N) is 1. The fraction of sp³-hybridized carbons (Fsp3) is 0.188. The second kappa shape index (κ2) is 4.76. The normalized spacial score (nSPS) is 20.8. The highest BCUT2D eigenvalue weighted by Crippen LogP contribution is 2.34. The van der Waals surface area contributed by atoms with E-state index >= 15 is 0 Å². The van der Waals surface area contributed by atoms with Crippen molar-refractivity contribution in [2.45, 2.75) is 18.4 Å². The minimum atomic E-state index is -0.279. The van der Waals surface area contributed by atoms with E-state index in [2.05, 4.69) is 11.4 Å². The number of para-hydroxylation sites is 1. The second-order valence-corrected chi connectivity index (χ2v) is 4.83. The van der Waals surface area contributed by atoms with E-state index in [4.69, 9.17) is 5.73 Å². The average Bonchev–Trinajstić information content (AvgIpc) is 2.77. The molecule has 3 nitrogen and oxygen atoms in total. The molecule has 0 aromatic heterocycles. The molecule has 2 aromatic rings. The summed E-state index contributed by atoms with van der Waals surface area (Å²) in [5, 5.41) is 3.40. The standard InChI is InChI=1S/C16H15N2O/c17-16(19)15-13-9-5-4-6-11(13)10-14(15)18-12-7-2-1-3-8-12/h1-3,5-9,14-15,18H,10H2,(H2,17,19). The molecule has 1 aliphatic carbocycles. The SMILES string of the molecule is NC(=O)C1c2cc[c]cc2CC1Nc1ccccc1. The third kappa shape index (κ3) is 2.19. The lowest BCUT2D eigenvalue weighted by molar-refractivity contribution is -0.119. The van der Waals surface area contributed by atoms with Gasteiger partial charge in [0.1, 0.15) is 0 Å². The molecule has 0 saturated carbocycles. The minimum Gasteiger partial charge on any atom is -0.381 e. The van der Waals surface area contributed by atoms with Crippen LogP contribution in [0.15, 0.2) is 48.5 Å². The molecule has 2 aromatic carbocycles. The van der Waals surface area contributed by atoms with Gasteiger partial charge >= 0.3 is 0 Å². The summed E-state index contributed by atoms with van der Waals surface area (Å²) in [4.78, 5) is 11.7.